The maximum atomic E-state index is 5.61. The molecule has 2 unspecified atom stereocenters. The summed E-state index contributed by atoms with van der Waals surface area (Å²) in [4.78, 5) is 8.49. The summed E-state index contributed by atoms with van der Waals surface area (Å²) in [5.41, 5.74) is 0.923. The van der Waals surface area contributed by atoms with Crippen LogP contribution in [0.2, 0.25) is 0 Å². The molecule has 0 saturated carbocycles. The molecule has 4 rings (SSSR count). The fraction of sp³-hybridized carbons (Fsp3) is 0.500. The van der Waals surface area contributed by atoms with Crippen LogP contribution in [0.1, 0.15) is 37.6 Å². The molecule has 0 radical (unpaired) electrons. The van der Waals surface area contributed by atoms with Crippen molar-refractivity contribution in [2.45, 2.75) is 25.9 Å². The lowest BCUT2D eigenvalue weighted by atomic mass is 10.1. The van der Waals surface area contributed by atoms with Gasteiger partial charge in [0.1, 0.15) is 0 Å². The average molecular weight is 368 g/mol. The highest BCUT2D eigenvalue weighted by Crippen LogP contribution is 2.27. The van der Waals surface area contributed by atoms with E-state index in [1.165, 1.54) is 0 Å². The number of nitrogens with one attached hydrogen (secondary N) is 1. The predicted molar refractivity (Wildman–Crippen MR) is 98.8 cm³/mol. The molecule has 0 amide bonds. The van der Waals surface area contributed by atoms with Gasteiger partial charge in [-0.25, -0.2) is 0 Å². The molecule has 0 spiro atoms. The maximum absolute atomic E-state index is 5.61. The van der Waals surface area contributed by atoms with Crippen LogP contribution < -0.4 is 5.32 Å². The summed E-state index contributed by atoms with van der Waals surface area (Å²) in [5, 5.41) is 20.6. The Kier molecular flexibility index (Phi) is 4.95. The third-order valence-electron chi connectivity index (χ3n) is 4.86. The van der Waals surface area contributed by atoms with E-state index in [-0.39, 0.29) is 18.0 Å². The summed E-state index contributed by atoms with van der Waals surface area (Å²) in [6.07, 6.45) is 0. The van der Waals surface area contributed by atoms with E-state index < -0.39 is 0 Å². The molecule has 0 bridgehead atoms. The Balaban J connectivity index is 1.61. The number of nitrogens with zero attached hydrogens (tertiary/aromatic N) is 7. The van der Waals surface area contributed by atoms with Crippen LogP contribution in [0, 0.1) is 5.92 Å². The fourth-order valence-electron chi connectivity index (χ4n) is 3.29. The van der Waals surface area contributed by atoms with Crippen LogP contribution in [0.15, 0.2) is 34.9 Å². The fourth-order valence-corrected chi connectivity index (χ4v) is 3.29. The first kappa shape index (κ1) is 17.7. The van der Waals surface area contributed by atoms with Crippen LogP contribution in [0.3, 0.4) is 0 Å². The number of aromatic nitrogens is 6. The summed E-state index contributed by atoms with van der Waals surface area (Å²) >= 11 is 0. The van der Waals surface area contributed by atoms with Crippen LogP contribution in [0.4, 0.5) is 0 Å². The molecule has 142 valence electrons. The van der Waals surface area contributed by atoms with Gasteiger partial charge in [-0.2, -0.15) is 9.78 Å². The summed E-state index contributed by atoms with van der Waals surface area (Å²) in [6, 6.07) is 9.63. The zero-order chi connectivity index (χ0) is 18.8. The quantitative estimate of drug-likeness (QED) is 0.724. The minimum absolute atomic E-state index is 0.104. The van der Waals surface area contributed by atoms with Crippen molar-refractivity contribution in [3.63, 3.8) is 0 Å². The Morgan fingerprint density at radius 3 is 2.78 bits per heavy atom. The minimum atomic E-state index is -0.266. The van der Waals surface area contributed by atoms with E-state index in [0.29, 0.717) is 17.5 Å². The van der Waals surface area contributed by atoms with Gasteiger partial charge in [-0.3, -0.25) is 4.90 Å². The van der Waals surface area contributed by atoms with Gasteiger partial charge in [0.15, 0.2) is 11.9 Å². The average Bonchev–Trinajstić information content (AvgIpc) is 3.33. The molecule has 3 heterocycles. The molecule has 1 fully saturated rings. The molecule has 0 aliphatic carbocycles. The number of likely N-dealkylation sites (N-methyl/N-ethyl adjacent to an activating group) is 1. The molecule has 1 aliphatic heterocycles. The first-order chi connectivity index (χ1) is 13.1. The van der Waals surface area contributed by atoms with Gasteiger partial charge < -0.3 is 9.84 Å². The SMILES string of the molecule is CC(C)C(c1nc(C2CNCCN2C)no1)n1nnc(-c2ccccc2)n1. The zero-order valence-electron chi connectivity index (χ0n) is 15.8. The van der Waals surface area contributed by atoms with Crippen molar-refractivity contribution in [3.05, 3.63) is 42.0 Å². The van der Waals surface area contributed by atoms with Crippen LogP contribution in [0.25, 0.3) is 11.4 Å². The monoisotopic (exact) mass is 368 g/mol. The normalized spacial score (nSPS) is 19.5. The molecule has 3 aromatic rings. The van der Waals surface area contributed by atoms with Gasteiger partial charge >= 0.3 is 0 Å². The lowest BCUT2D eigenvalue weighted by Crippen LogP contribution is -2.44. The maximum Gasteiger partial charge on any atom is 0.253 e. The van der Waals surface area contributed by atoms with Gasteiger partial charge in [-0.05, 0) is 18.2 Å². The van der Waals surface area contributed by atoms with Crippen LogP contribution in [-0.2, 0) is 0 Å². The van der Waals surface area contributed by atoms with E-state index in [9.17, 15) is 0 Å². The first-order valence-electron chi connectivity index (χ1n) is 9.23. The number of rotatable bonds is 5. The molecule has 9 heteroatoms. The number of tetrazole rings is 1. The summed E-state index contributed by atoms with van der Waals surface area (Å²) in [5.74, 6) is 1.94. The van der Waals surface area contributed by atoms with Gasteiger partial charge in [0, 0.05) is 25.2 Å². The topological polar surface area (TPSA) is 97.8 Å². The lowest BCUT2D eigenvalue weighted by Gasteiger charge is -2.30. The smallest absolute Gasteiger partial charge is 0.253 e. The molecule has 1 aliphatic rings. The van der Waals surface area contributed by atoms with E-state index >= 15 is 0 Å². The van der Waals surface area contributed by atoms with Crippen LogP contribution in [-0.4, -0.2) is 61.9 Å². The molecule has 27 heavy (non-hydrogen) atoms. The Morgan fingerprint density at radius 2 is 2.04 bits per heavy atom. The third-order valence-corrected chi connectivity index (χ3v) is 4.86. The van der Waals surface area contributed by atoms with Crippen molar-refractivity contribution in [1.29, 1.82) is 0 Å². The van der Waals surface area contributed by atoms with E-state index in [0.717, 1.165) is 25.2 Å². The van der Waals surface area contributed by atoms with Gasteiger partial charge in [0.25, 0.3) is 5.89 Å². The number of benzene rings is 1. The molecular weight excluding hydrogens is 344 g/mol. The van der Waals surface area contributed by atoms with Gasteiger partial charge in [-0.1, -0.05) is 49.3 Å². The van der Waals surface area contributed by atoms with Crippen molar-refractivity contribution in [2.24, 2.45) is 5.92 Å². The summed E-state index contributed by atoms with van der Waals surface area (Å²) in [6.45, 7) is 6.88. The number of piperazine rings is 1. The Hall–Kier alpha value is -2.65. The molecule has 1 aromatic carbocycles. The van der Waals surface area contributed by atoms with Crippen LogP contribution >= 0.6 is 0 Å². The second kappa shape index (κ2) is 7.53. The molecular formula is C18H24N8O. The van der Waals surface area contributed by atoms with Crippen molar-refractivity contribution < 1.29 is 4.52 Å². The highest BCUT2D eigenvalue weighted by molar-refractivity contribution is 5.53. The van der Waals surface area contributed by atoms with E-state index in [1.54, 1.807) is 4.80 Å². The minimum Gasteiger partial charge on any atom is -0.337 e. The van der Waals surface area contributed by atoms with E-state index in [1.807, 2.05) is 30.3 Å². The summed E-state index contributed by atoms with van der Waals surface area (Å²) < 4.78 is 5.61. The van der Waals surface area contributed by atoms with Crippen molar-refractivity contribution in [1.82, 2.24) is 40.6 Å². The van der Waals surface area contributed by atoms with Crippen molar-refractivity contribution in [2.75, 3.05) is 26.7 Å². The molecule has 1 saturated heterocycles. The van der Waals surface area contributed by atoms with E-state index in [2.05, 4.69) is 56.7 Å². The number of hydrogen-bond acceptors (Lipinski definition) is 8. The third kappa shape index (κ3) is 3.60. The van der Waals surface area contributed by atoms with Crippen molar-refractivity contribution in [3.8, 4) is 11.4 Å². The van der Waals surface area contributed by atoms with Gasteiger partial charge in [0.2, 0.25) is 5.82 Å². The van der Waals surface area contributed by atoms with E-state index in [4.69, 9.17) is 4.52 Å². The molecule has 2 aromatic heterocycles. The number of hydrogen-bond donors (Lipinski definition) is 1. The highest BCUT2D eigenvalue weighted by atomic mass is 16.5. The lowest BCUT2D eigenvalue weighted by molar-refractivity contribution is 0.189. The second-order valence-corrected chi connectivity index (χ2v) is 7.18. The summed E-state index contributed by atoms with van der Waals surface area (Å²) in [7, 11) is 2.08. The highest BCUT2D eigenvalue weighted by Gasteiger charge is 2.31. The largest absolute Gasteiger partial charge is 0.337 e. The van der Waals surface area contributed by atoms with Gasteiger partial charge in [0.05, 0.1) is 6.04 Å². The van der Waals surface area contributed by atoms with Crippen LogP contribution in [0.5, 0.6) is 0 Å². The zero-order valence-corrected chi connectivity index (χ0v) is 15.8. The second-order valence-electron chi connectivity index (χ2n) is 7.18. The Bertz CT molecular complexity index is 874. The Morgan fingerprint density at radius 1 is 1.22 bits per heavy atom. The predicted octanol–water partition coefficient (Wildman–Crippen LogP) is 1.54. The van der Waals surface area contributed by atoms with Crippen molar-refractivity contribution >= 4 is 0 Å². The molecule has 2 atom stereocenters. The Labute approximate surface area is 157 Å². The first-order valence-corrected chi connectivity index (χ1v) is 9.23. The van der Waals surface area contributed by atoms with Gasteiger partial charge in [-0.15, -0.1) is 10.2 Å². The molecule has 1 N–H and O–H groups in total. The molecule has 9 nitrogen and oxygen atoms in total. The standard InChI is InChI=1S/C18H24N8O/c1-12(2)15(26-22-16(21-24-26)13-7-5-4-6-8-13)18-20-17(23-27-18)14-11-19-9-10-25(14)3/h4-8,12,14-15,19H,9-11H2,1-3H3.